The maximum atomic E-state index is 13.8. The van der Waals surface area contributed by atoms with Crippen molar-refractivity contribution in [2.75, 3.05) is 0 Å². The molecule has 1 unspecified atom stereocenters. The van der Waals surface area contributed by atoms with Crippen LogP contribution in [0.25, 0.3) is 0 Å². The molecule has 1 aliphatic rings. The summed E-state index contributed by atoms with van der Waals surface area (Å²) in [4.78, 5) is 0.0364. The third-order valence-electron chi connectivity index (χ3n) is 5.26. The number of hydrogen-bond acceptors (Lipinski definition) is 4. The van der Waals surface area contributed by atoms with Crippen LogP contribution in [0, 0.1) is 5.92 Å². The molecular formula is C21H21IO4S2. The zero-order chi connectivity index (χ0) is 20.6. The van der Waals surface area contributed by atoms with Gasteiger partial charge in [-0.25, -0.2) is 16.8 Å². The Hall–Kier alpha value is -1.45. The monoisotopic (exact) mass is 528 g/mol. The van der Waals surface area contributed by atoms with Gasteiger partial charge in [0.15, 0.2) is 23.8 Å². The standard InChI is InChI=1S/C21H21IO4S2/c1-16(2)20-14-21(13-17(20)15-22,27(23,24)18-9-5-3-6-10-18)28(25,26)19-11-7-4-8-12-19/h3-12,15,20H,1,13-14H2,2H3/b17-15-. The van der Waals surface area contributed by atoms with E-state index >= 15 is 0 Å². The van der Waals surface area contributed by atoms with Gasteiger partial charge in [-0.05, 0) is 41.7 Å². The summed E-state index contributed by atoms with van der Waals surface area (Å²) in [6, 6.07) is 15.7. The summed E-state index contributed by atoms with van der Waals surface area (Å²) in [5.41, 5.74) is 1.54. The number of halogens is 1. The van der Waals surface area contributed by atoms with Gasteiger partial charge in [0.25, 0.3) is 0 Å². The molecule has 0 saturated heterocycles. The predicted octanol–water partition coefficient (Wildman–Crippen LogP) is 4.94. The summed E-state index contributed by atoms with van der Waals surface area (Å²) in [7, 11) is -8.38. The first kappa shape index (κ1) is 21.3. The van der Waals surface area contributed by atoms with E-state index in [1.54, 1.807) is 40.5 Å². The summed E-state index contributed by atoms with van der Waals surface area (Å²) in [6.07, 6.45) is -0.104. The molecule has 1 aliphatic carbocycles. The molecule has 0 bridgehead atoms. The lowest BCUT2D eigenvalue weighted by molar-refractivity contribution is 0.533. The number of hydrogen-bond donors (Lipinski definition) is 0. The van der Waals surface area contributed by atoms with Gasteiger partial charge >= 0.3 is 0 Å². The topological polar surface area (TPSA) is 68.3 Å². The van der Waals surface area contributed by atoms with Crippen molar-refractivity contribution in [3.8, 4) is 0 Å². The van der Waals surface area contributed by atoms with Crippen LogP contribution in [0.1, 0.15) is 19.8 Å². The number of sulfone groups is 2. The lowest BCUT2D eigenvalue weighted by atomic mass is 9.97. The first-order valence-electron chi connectivity index (χ1n) is 8.71. The van der Waals surface area contributed by atoms with E-state index in [9.17, 15) is 16.8 Å². The van der Waals surface area contributed by atoms with Gasteiger partial charge in [-0.15, -0.1) is 0 Å². The molecule has 0 amide bonds. The van der Waals surface area contributed by atoms with Crippen LogP contribution in [0.4, 0.5) is 0 Å². The summed E-state index contributed by atoms with van der Waals surface area (Å²) >= 11 is 2.05. The van der Waals surface area contributed by atoms with Crippen molar-refractivity contribution in [1.82, 2.24) is 0 Å². The zero-order valence-corrected chi connectivity index (χ0v) is 19.2. The number of benzene rings is 2. The van der Waals surface area contributed by atoms with Crippen LogP contribution in [0.3, 0.4) is 0 Å². The quantitative estimate of drug-likeness (QED) is 0.408. The minimum Gasteiger partial charge on any atom is -0.222 e. The van der Waals surface area contributed by atoms with Crippen molar-refractivity contribution < 1.29 is 16.8 Å². The first-order valence-corrected chi connectivity index (χ1v) is 12.9. The summed E-state index contributed by atoms with van der Waals surface area (Å²) in [5, 5.41) is 0. The Bertz CT molecular complexity index is 1050. The molecule has 0 radical (unpaired) electrons. The highest BCUT2D eigenvalue weighted by Gasteiger charge is 2.61. The Kier molecular flexibility index (Phi) is 5.89. The second-order valence-electron chi connectivity index (χ2n) is 7.01. The molecule has 1 fully saturated rings. The van der Waals surface area contributed by atoms with E-state index in [1.165, 1.54) is 24.3 Å². The SMILES string of the molecule is C=C(C)C1CC(S(=O)(=O)c2ccccc2)(S(=O)(=O)c2ccccc2)C/C1=C/I. The summed E-state index contributed by atoms with van der Waals surface area (Å²) < 4.78 is 54.9. The van der Waals surface area contributed by atoms with Gasteiger partial charge in [-0.2, -0.15) is 0 Å². The Morgan fingerprint density at radius 2 is 1.39 bits per heavy atom. The highest BCUT2D eigenvalue weighted by Crippen LogP contribution is 2.53. The van der Waals surface area contributed by atoms with Gasteiger partial charge < -0.3 is 0 Å². The second kappa shape index (κ2) is 7.76. The van der Waals surface area contributed by atoms with Crippen LogP contribution in [0.15, 0.2) is 92.3 Å². The molecular weight excluding hydrogens is 507 g/mol. The number of allylic oxidation sites excluding steroid dienone is 2. The van der Waals surface area contributed by atoms with Gasteiger partial charge in [0.2, 0.25) is 0 Å². The highest BCUT2D eigenvalue weighted by atomic mass is 127. The van der Waals surface area contributed by atoms with E-state index in [0.29, 0.717) is 0 Å². The molecule has 3 rings (SSSR count). The fourth-order valence-electron chi connectivity index (χ4n) is 3.74. The molecule has 1 atom stereocenters. The lowest BCUT2D eigenvalue weighted by Gasteiger charge is -2.29. The summed E-state index contributed by atoms with van der Waals surface area (Å²) in [6.45, 7) is 5.79. The number of rotatable bonds is 5. The van der Waals surface area contributed by atoms with Crippen LogP contribution in [-0.4, -0.2) is 20.9 Å². The van der Waals surface area contributed by atoms with E-state index in [4.69, 9.17) is 0 Å². The van der Waals surface area contributed by atoms with Gasteiger partial charge in [0.05, 0.1) is 9.79 Å². The smallest absolute Gasteiger partial charge is 0.199 e. The molecule has 2 aromatic carbocycles. The molecule has 148 valence electrons. The van der Waals surface area contributed by atoms with Crippen molar-refractivity contribution >= 4 is 42.3 Å². The van der Waals surface area contributed by atoms with Crippen molar-refractivity contribution in [3.05, 3.63) is 82.5 Å². The normalized spacial score (nSPS) is 20.9. The van der Waals surface area contributed by atoms with Gasteiger partial charge in [-0.3, -0.25) is 0 Å². The lowest BCUT2D eigenvalue weighted by Crippen LogP contribution is -2.44. The van der Waals surface area contributed by atoms with E-state index in [1.807, 2.05) is 29.5 Å². The second-order valence-corrected chi connectivity index (χ2v) is 12.4. The van der Waals surface area contributed by atoms with Crippen LogP contribution >= 0.6 is 22.6 Å². The molecule has 0 spiro atoms. The van der Waals surface area contributed by atoms with Crippen LogP contribution in [0.5, 0.6) is 0 Å². The largest absolute Gasteiger partial charge is 0.222 e. The zero-order valence-electron chi connectivity index (χ0n) is 15.4. The fourth-order valence-corrected chi connectivity index (χ4v) is 9.50. The molecule has 4 nitrogen and oxygen atoms in total. The Labute approximate surface area is 180 Å². The van der Waals surface area contributed by atoms with E-state index in [2.05, 4.69) is 6.58 Å². The maximum absolute atomic E-state index is 13.8. The van der Waals surface area contributed by atoms with Gasteiger partial charge in [0.1, 0.15) is 0 Å². The van der Waals surface area contributed by atoms with E-state index in [0.717, 1.165) is 11.1 Å². The Balaban J connectivity index is 2.33. The Morgan fingerprint density at radius 1 is 0.964 bits per heavy atom. The summed E-state index contributed by atoms with van der Waals surface area (Å²) in [5.74, 6) is -0.297. The van der Waals surface area contributed by atoms with E-state index < -0.39 is 23.8 Å². The van der Waals surface area contributed by atoms with Gasteiger partial charge in [0, 0.05) is 12.3 Å². The van der Waals surface area contributed by atoms with Gasteiger partial charge in [-0.1, -0.05) is 76.7 Å². The average Bonchev–Trinajstić information content (AvgIpc) is 3.12. The molecule has 0 aromatic heterocycles. The fraction of sp³-hybridized carbons (Fsp3) is 0.238. The first-order chi connectivity index (χ1) is 13.2. The van der Waals surface area contributed by atoms with Crippen molar-refractivity contribution in [1.29, 1.82) is 0 Å². The molecule has 0 N–H and O–H groups in total. The van der Waals surface area contributed by atoms with Crippen molar-refractivity contribution in [3.63, 3.8) is 0 Å². The molecule has 0 aliphatic heterocycles. The molecule has 28 heavy (non-hydrogen) atoms. The predicted molar refractivity (Wildman–Crippen MR) is 120 cm³/mol. The Morgan fingerprint density at radius 3 is 1.71 bits per heavy atom. The average molecular weight is 528 g/mol. The molecule has 7 heteroatoms. The molecule has 1 saturated carbocycles. The highest BCUT2D eigenvalue weighted by molar-refractivity contribution is 14.1. The van der Waals surface area contributed by atoms with Crippen LogP contribution < -0.4 is 0 Å². The van der Waals surface area contributed by atoms with Crippen molar-refractivity contribution in [2.24, 2.45) is 5.92 Å². The third kappa shape index (κ3) is 3.27. The third-order valence-corrected chi connectivity index (χ3v) is 11.7. The van der Waals surface area contributed by atoms with Crippen LogP contribution in [0.2, 0.25) is 0 Å². The maximum Gasteiger partial charge on any atom is 0.199 e. The molecule has 0 heterocycles. The van der Waals surface area contributed by atoms with Crippen molar-refractivity contribution in [2.45, 2.75) is 33.6 Å². The van der Waals surface area contributed by atoms with E-state index in [-0.39, 0.29) is 28.6 Å². The minimum atomic E-state index is -4.19. The molecule has 2 aromatic rings. The minimum absolute atomic E-state index is 0.0182. The van der Waals surface area contributed by atoms with Crippen LogP contribution in [-0.2, 0) is 19.7 Å².